The largest absolute Gasteiger partial charge is 0.388 e. The van der Waals surface area contributed by atoms with Crippen LogP contribution in [0, 0.1) is 0 Å². The van der Waals surface area contributed by atoms with Gasteiger partial charge in [-0.3, -0.25) is 9.13 Å². The number of aromatic nitrogens is 4. The number of nitrogens with two attached hydrogens (primary N) is 1. The van der Waals surface area contributed by atoms with Crippen LogP contribution in [0.25, 0.3) is 11.2 Å². The summed E-state index contributed by atoms with van der Waals surface area (Å²) in [4.78, 5) is 22.9. The first-order valence-electron chi connectivity index (χ1n) is 10.7. The molecule has 1 aliphatic rings. The third-order valence-electron chi connectivity index (χ3n) is 6.29. The number of nitrogens with one attached hydrogen (secondary N) is 1. The van der Waals surface area contributed by atoms with Crippen LogP contribution in [0.1, 0.15) is 53.2 Å². The van der Waals surface area contributed by atoms with Crippen LogP contribution in [0.15, 0.2) is 6.33 Å². The van der Waals surface area contributed by atoms with Crippen LogP contribution >= 0.6 is 7.60 Å². The Morgan fingerprint density at radius 1 is 1.27 bits per heavy atom. The Hall–Kier alpha value is -1.86. The number of ether oxygens (including phenoxy) is 1. The normalized spacial score (nSPS) is 28.9. The van der Waals surface area contributed by atoms with Gasteiger partial charge in [0.25, 0.3) is 0 Å². The van der Waals surface area contributed by atoms with Crippen LogP contribution in [0.2, 0.25) is 0 Å². The summed E-state index contributed by atoms with van der Waals surface area (Å²) in [7, 11) is -2.78. The molecule has 2 aromatic heterocycles. The molecule has 7 atom stereocenters. The molecule has 0 aliphatic carbocycles. The summed E-state index contributed by atoms with van der Waals surface area (Å²) in [5.74, 6) is 0.390. The van der Waals surface area contributed by atoms with E-state index in [2.05, 4.69) is 20.3 Å². The van der Waals surface area contributed by atoms with Gasteiger partial charge in [-0.2, -0.15) is 9.97 Å². The van der Waals surface area contributed by atoms with Crippen molar-refractivity contribution >= 4 is 30.5 Å². The molecule has 1 fully saturated rings. The molecule has 3 rings (SSSR count). The lowest BCUT2D eigenvalue weighted by Crippen LogP contribution is -2.40. The number of rotatable bonds is 9. The molecule has 186 valence electrons. The van der Waals surface area contributed by atoms with Gasteiger partial charge in [-0.1, -0.05) is 13.8 Å². The number of fused-ring (bicyclic) bond motifs is 1. The topological polar surface area (TPSA) is 198 Å². The molecule has 1 aliphatic heterocycles. The zero-order chi connectivity index (χ0) is 24.8. The summed E-state index contributed by atoms with van der Waals surface area (Å²) in [6.45, 7) is 6.16. The minimum absolute atomic E-state index is 0.00758. The highest BCUT2D eigenvalue weighted by molar-refractivity contribution is 7.54. The fourth-order valence-electron chi connectivity index (χ4n) is 3.69. The fourth-order valence-corrected chi connectivity index (χ4v) is 5.09. The monoisotopic (exact) mass is 488 g/mol. The maximum absolute atomic E-state index is 12.7. The van der Waals surface area contributed by atoms with E-state index in [1.54, 1.807) is 27.8 Å². The van der Waals surface area contributed by atoms with Crippen molar-refractivity contribution in [3.8, 4) is 0 Å². The zero-order valence-electron chi connectivity index (χ0n) is 19.3. The average Bonchev–Trinajstić information content (AvgIpc) is 3.28. The van der Waals surface area contributed by atoms with Crippen molar-refractivity contribution in [2.45, 2.75) is 82.4 Å². The molecule has 0 radical (unpaired) electrons. The quantitative estimate of drug-likeness (QED) is 0.274. The molecule has 13 nitrogen and oxygen atoms in total. The lowest BCUT2D eigenvalue weighted by atomic mass is 9.93. The van der Waals surface area contributed by atoms with Gasteiger partial charge in [0.15, 0.2) is 28.6 Å². The van der Waals surface area contributed by atoms with Crippen molar-refractivity contribution in [2.24, 2.45) is 0 Å². The molecule has 1 saturated heterocycles. The Morgan fingerprint density at radius 2 is 1.94 bits per heavy atom. The van der Waals surface area contributed by atoms with Crippen molar-refractivity contribution < 1.29 is 34.0 Å². The van der Waals surface area contributed by atoms with Gasteiger partial charge in [0, 0.05) is 13.5 Å². The molecular weight excluding hydrogens is 455 g/mol. The molecule has 0 aromatic carbocycles. The lowest BCUT2D eigenvalue weighted by molar-refractivity contribution is -0.0689. The number of aliphatic hydroxyl groups is 3. The van der Waals surface area contributed by atoms with Crippen molar-refractivity contribution in [3.63, 3.8) is 0 Å². The first kappa shape index (κ1) is 25.8. The van der Waals surface area contributed by atoms with E-state index in [1.165, 1.54) is 17.8 Å². The van der Waals surface area contributed by atoms with Crippen LogP contribution in [-0.2, 0) is 13.8 Å². The Bertz CT molecular complexity index is 1050. The van der Waals surface area contributed by atoms with E-state index in [9.17, 15) is 24.8 Å². The molecule has 14 heteroatoms. The summed E-state index contributed by atoms with van der Waals surface area (Å²) in [5, 5.41) is 32.7. The number of hydrogen-bond acceptors (Lipinski definition) is 11. The molecule has 33 heavy (non-hydrogen) atoms. The minimum Gasteiger partial charge on any atom is -0.388 e. The Labute approximate surface area is 191 Å². The molecule has 3 heterocycles. The Balaban J connectivity index is 1.87. The van der Waals surface area contributed by atoms with Gasteiger partial charge in [0.1, 0.15) is 12.2 Å². The first-order chi connectivity index (χ1) is 15.3. The van der Waals surface area contributed by atoms with Crippen LogP contribution < -0.4 is 11.1 Å². The van der Waals surface area contributed by atoms with Crippen molar-refractivity contribution in [1.82, 2.24) is 19.5 Å². The molecule has 0 amide bonds. The van der Waals surface area contributed by atoms with E-state index in [1.807, 2.05) is 0 Å². The average molecular weight is 488 g/mol. The fraction of sp³-hybridized carbons (Fsp3) is 0.737. The van der Waals surface area contributed by atoms with E-state index >= 15 is 0 Å². The minimum atomic E-state index is -4.43. The highest BCUT2D eigenvalue weighted by Crippen LogP contribution is 2.59. The van der Waals surface area contributed by atoms with Gasteiger partial charge in [-0.05, 0) is 26.7 Å². The Kier molecular flexibility index (Phi) is 7.07. The van der Waals surface area contributed by atoms with Gasteiger partial charge in [0.2, 0.25) is 5.95 Å². The molecular formula is C19H33N6O7P. The molecule has 2 aromatic rings. The van der Waals surface area contributed by atoms with E-state index in [0.29, 0.717) is 17.0 Å². The lowest BCUT2D eigenvalue weighted by Gasteiger charge is -2.37. The van der Waals surface area contributed by atoms with E-state index in [-0.39, 0.29) is 25.2 Å². The maximum atomic E-state index is 12.7. The summed E-state index contributed by atoms with van der Waals surface area (Å²) in [6, 6.07) is 0. The van der Waals surface area contributed by atoms with E-state index in [0.717, 1.165) is 0 Å². The van der Waals surface area contributed by atoms with Crippen LogP contribution in [-0.4, -0.2) is 76.0 Å². The number of imidazole rings is 1. The predicted molar refractivity (Wildman–Crippen MR) is 120 cm³/mol. The van der Waals surface area contributed by atoms with Crippen LogP contribution in [0.3, 0.4) is 0 Å². The Morgan fingerprint density at radius 3 is 2.52 bits per heavy atom. The standard InChI is InChI=1S/C19H33N6O7P/c1-6-18(3,32-33(29,30)19(4,28)7-2)8-10-12(26)13(27)16(31-10)25-9-22-11-14(21-5)23-17(20)24-15(11)25/h9-10,12-13,16,26-28H,6-8H2,1-5H3,(H,29,30)(H3,20,21,23,24)/t10-,12-,13-,16-,18?,19?/m1/s1. The number of aliphatic hydroxyl groups excluding tert-OH is 2. The van der Waals surface area contributed by atoms with Crippen LogP contribution in [0.5, 0.6) is 0 Å². The third kappa shape index (κ3) is 4.72. The second-order valence-corrected chi connectivity index (χ2v) is 10.9. The highest BCUT2D eigenvalue weighted by Gasteiger charge is 2.50. The summed E-state index contributed by atoms with van der Waals surface area (Å²) < 4.78 is 25.7. The van der Waals surface area contributed by atoms with Gasteiger partial charge >= 0.3 is 7.60 Å². The van der Waals surface area contributed by atoms with Gasteiger partial charge in [-0.25, -0.2) is 4.98 Å². The molecule has 0 bridgehead atoms. The summed E-state index contributed by atoms with van der Waals surface area (Å²) in [5.41, 5.74) is 5.26. The second-order valence-electron chi connectivity index (χ2n) is 8.74. The van der Waals surface area contributed by atoms with E-state index < -0.39 is 43.1 Å². The number of hydrogen-bond donors (Lipinski definition) is 6. The zero-order valence-corrected chi connectivity index (χ0v) is 20.2. The smallest absolute Gasteiger partial charge is 0.359 e. The van der Waals surface area contributed by atoms with Crippen molar-refractivity contribution in [3.05, 3.63) is 6.33 Å². The van der Waals surface area contributed by atoms with E-state index in [4.69, 9.17) is 15.0 Å². The second kappa shape index (κ2) is 9.06. The molecule has 7 N–H and O–H groups in total. The van der Waals surface area contributed by atoms with Gasteiger partial charge in [0.05, 0.1) is 18.0 Å². The first-order valence-corrected chi connectivity index (χ1v) is 12.3. The summed E-state index contributed by atoms with van der Waals surface area (Å²) >= 11 is 0. The number of anilines is 2. The molecule has 0 saturated carbocycles. The SMILES string of the molecule is CCC(C)(C[C@H]1O[C@@H](n2cnc3c(NC)nc(N)nc32)[C@H](O)[C@@H]1O)OP(=O)(O)C(C)(O)CC. The van der Waals surface area contributed by atoms with Crippen molar-refractivity contribution in [1.29, 1.82) is 0 Å². The highest BCUT2D eigenvalue weighted by atomic mass is 31.2. The van der Waals surface area contributed by atoms with Gasteiger partial charge in [-0.15, -0.1) is 0 Å². The third-order valence-corrected chi connectivity index (χ3v) is 8.51. The molecule has 3 unspecified atom stereocenters. The number of nitrogen functional groups attached to an aromatic ring is 1. The molecule has 0 spiro atoms. The van der Waals surface area contributed by atoms with Crippen LogP contribution in [0.4, 0.5) is 11.8 Å². The van der Waals surface area contributed by atoms with Crippen molar-refractivity contribution in [2.75, 3.05) is 18.1 Å². The van der Waals surface area contributed by atoms with Gasteiger partial charge < -0.3 is 40.5 Å². The maximum Gasteiger partial charge on any atom is 0.359 e. The predicted octanol–water partition coefficient (Wildman–Crippen LogP) is 0.949. The summed E-state index contributed by atoms with van der Waals surface area (Å²) in [6.07, 6.45) is -2.98. The number of nitrogens with zero attached hydrogens (tertiary/aromatic N) is 4.